The molecule has 154 valence electrons. The number of amides is 1. The second-order valence-electron chi connectivity index (χ2n) is 8.54. The van der Waals surface area contributed by atoms with Crippen molar-refractivity contribution in [1.29, 1.82) is 0 Å². The first-order valence-electron chi connectivity index (χ1n) is 10.6. The second-order valence-corrected chi connectivity index (χ2v) is 8.54. The summed E-state index contributed by atoms with van der Waals surface area (Å²) in [5, 5.41) is 5.11. The van der Waals surface area contributed by atoms with Gasteiger partial charge in [-0.15, -0.1) is 0 Å². The van der Waals surface area contributed by atoms with E-state index in [9.17, 15) is 4.79 Å². The van der Waals surface area contributed by atoms with Crippen LogP contribution in [0.4, 0.5) is 0 Å². The molecular weight excluding hydrogens is 376 g/mol. The van der Waals surface area contributed by atoms with Gasteiger partial charge in [-0.2, -0.15) is 0 Å². The first kappa shape index (κ1) is 18.9. The lowest BCUT2D eigenvalue weighted by molar-refractivity contribution is -0.131. The van der Waals surface area contributed by atoms with Crippen molar-refractivity contribution >= 4 is 27.9 Å². The van der Waals surface area contributed by atoms with Crippen molar-refractivity contribution < 1.29 is 9.32 Å². The Balaban J connectivity index is 1.26. The fourth-order valence-electron chi connectivity index (χ4n) is 4.37. The maximum absolute atomic E-state index is 12.9. The van der Waals surface area contributed by atoms with Crippen LogP contribution in [-0.2, 0) is 11.2 Å². The number of hydrogen-bond donors (Lipinski definition) is 1. The van der Waals surface area contributed by atoms with Crippen LogP contribution in [0.5, 0.6) is 0 Å². The molecule has 0 aliphatic carbocycles. The quantitative estimate of drug-likeness (QED) is 0.544. The maximum Gasteiger partial charge on any atom is 0.228 e. The summed E-state index contributed by atoms with van der Waals surface area (Å²) in [7, 11) is 0. The number of carbonyl (C=O) groups excluding carboxylic acids is 1. The highest BCUT2D eigenvalue weighted by molar-refractivity contribution is 5.87. The topological polar surface area (TPSA) is 75.0 Å². The van der Waals surface area contributed by atoms with Crippen LogP contribution in [0, 0.1) is 20.8 Å². The largest absolute Gasteiger partial charge is 0.356 e. The number of nitrogens with one attached hydrogen (secondary N) is 1. The third-order valence-electron chi connectivity index (χ3n) is 6.37. The molecule has 0 radical (unpaired) electrons. The van der Waals surface area contributed by atoms with Gasteiger partial charge in [-0.3, -0.25) is 4.79 Å². The Labute approximate surface area is 175 Å². The third-order valence-corrected chi connectivity index (χ3v) is 6.37. The molecule has 1 N–H and O–H groups in total. The Hall–Kier alpha value is -3.15. The van der Waals surface area contributed by atoms with Crippen LogP contribution < -0.4 is 0 Å². The molecule has 4 aromatic rings. The molecule has 0 unspecified atom stereocenters. The average molecular weight is 402 g/mol. The molecule has 5 rings (SSSR count). The molecule has 0 saturated carbocycles. The molecule has 0 spiro atoms. The summed E-state index contributed by atoms with van der Waals surface area (Å²) in [6, 6.07) is 10.3. The number of benzene rings is 2. The molecule has 1 fully saturated rings. The third kappa shape index (κ3) is 3.36. The zero-order valence-electron chi connectivity index (χ0n) is 17.7. The summed E-state index contributed by atoms with van der Waals surface area (Å²) in [5.41, 5.74) is 7.15. The van der Waals surface area contributed by atoms with Crippen LogP contribution in [0.1, 0.15) is 47.0 Å². The van der Waals surface area contributed by atoms with Crippen molar-refractivity contribution in [1.82, 2.24) is 20.0 Å². The maximum atomic E-state index is 12.9. The number of likely N-dealkylation sites (tertiary alicyclic amines) is 1. The van der Waals surface area contributed by atoms with Gasteiger partial charge in [0.05, 0.1) is 17.5 Å². The number of aromatic nitrogens is 3. The van der Waals surface area contributed by atoms with E-state index >= 15 is 0 Å². The standard InChI is InChI=1S/C24H26N4O2/c1-14-4-5-19-21(10-14)26-24(25-19)17-6-8-28(9-7-17)23(29)13-20-18-11-15(2)16(3)12-22(18)30-27-20/h4-5,10-12,17H,6-9,13H2,1-3H3,(H,25,26). The van der Waals surface area contributed by atoms with E-state index in [1.807, 2.05) is 11.0 Å². The number of hydrogen-bond acceptors (Lipinski definition) is 4. The van der Waals surface area contributed by atoms with Gasteiger partial charge in [0.2, 0.25) is 5.91 Å². The number of piperidine rings is 1. The summed E-state index contributed by atoms with van der Waals surface area (Å²) in [5.74, 6) is 1.51. The van der Waals surface area contributed by atoms with Crippen molar-refractivity contribution in [2.75, 3.05) is 13.1 Å². The van der Waals surface area contributed by atoms with Gasteiger partial charge in [0.1, 0.15) is 11.5 Å². The molecule has 6 heteroatoms. The van der Waals surface area contributed by atoms with Gasteiger partial charge in [-0.1, -0.05) is 11.2 Å². The predicted molar refractivity (Wildman–Crippen MR) is 117 cm³/mol. The minimum absolute atomic E-state index is 0.113. The molecular formula is C24H26N4O2. The molecule has 1 aliphatic rings. The van der Waals surface area contributed by atoms with Crippen molar-refractivity contribution in [2.45, 2.75) is 46.0 Å². The number of rotatable bonds is 3. The van der Waals surface area contributed by atoms with Crippen LogP contribution in [0.25, 0.3) is 22.0 Å². The molecule has 1 saturated heterocycles. The Kier molecular flexibility index (Phi) is 4.57. The number of fused-ring (bicyclic) bond motifs is 2. The minimum atomic E-state index is 0.113. The molecule has 1 aliphatic heterocycles. The van der Waals surface area contributed by atoms with Gasteiger partial charge < -0.3 is 14.4 Å². The van der Waals surface area contributed by atoms with E-state index in [1.54, 1.807) is 0 Å². The average Bonchev–Trinajstić information content (AvgIpc) is 3.32. The van der Waals surface area contributed by atoms with Gasteiger partial charge in [0.25, 0.3) is 0 Å². The molecule has 30 heavy (non-hydrogen) atoms. The Morgan fingerprint density at radius 2 is 1.90 bits per heavy atom. The number of nitrogens with zero attached hydrogens (tertiary/aromatic N) is 3. The molecule has 0 atom stereocenters. The van der Waals surface area contributed by atoms with Crippen LogP contribution in [0.2, 0.25) is 0 Å². The molecule has 0 bridgehead atoms. The van der Waals surface area contributed by atoms with Gasteiger partial charge >= 0.3 is 0 Å². The Bertz CT molecular complexity index is 1250. The highest BCUT2D eigenvalue weighted by Gasteiger charge is 2.26. The second kappa shape index (κ2) is 7.27. The van der Waals surface area contributed by atoms with Crippen molar-refractivity contribution in [3.8, 4) is 0 Å². The van der Waals surface area contributed by atoms with E-state index < -0.39 is 0 Å². The van der Waals surface area contributed by atoms with E-state index in [4.69, 9.17) is 9.51 Å². The Morgan fingerprint density at radius 3 is 2.70 bits per heavy atom. The lowest BCUT2D eigenvalue weighted by Crippen LogP contribution is -2.39. The monoisotopic (exact) mass is 402 g/mol. The fourth-order valence-corrected chi connectivity index (χ4v) is 4.37. The van der Waals surface area contributed by atoms with E-state index in [0.29, 0.717) is 5.92 Å². The van der Waals surface area contributed by atoms with Gasteiger partial charge in [-0.05, 0) is 74.6 Å². The van der Waals surface area contributed by atoms with Gasteiger partial charge in [0, 0.05) is 24.4 Å². The minimum Gasteiger partial charge on any atom is -0.356 e. The van der Waals surface area contributed by atoms with Crippen molar-refractivity contribution in [2.24, 2.45) is 0 Å². The van der Waals surface area contributed by atoms with E-state index in [2.05, 4.69) is 55.2 Å². The highest BCUT2D eigenvalue weighted by atomic mass is 16.5. The van der Waals surface area contributed by atoms with Crippen LogP contribution in [0.3, 0.4) is 0 Å². The zero-order valence-corrected chi connectivity index (χ0v) is 17.7. The number of aromatic amines is 1. The summed E-state index contributed by atoms with van der Waals surface area (Å²) in [4.78, 5) is 23.1. The highest BCUT2D eigenvalue weighted by Crippen LogP contribution is 2.29. The zero-order chi connectivity index (χ0) is 20.8. The van der Waals surface area contributed by atoms with Gasteiger partial charge in [0.15, 0.2) is 5.58 Å². The first-order valence-corrected chi connectivity index (χ1v) is 10.6. The summed E-state index contributed by atoms with van der Waals surface area (Å²) in [6.45, 7) is 7.69. The molecule has 3 heterocycles. The SMILES string of the molecule is Cc1ccc2nc(C3CCN(C(=O)Cc4noc5cc(C)c(C)cc45)CC3)[nH]c2c1. The normalized spacial score (nSPS) is 15.4. The van der Waals surface area contributed by atoms with Crippen molar-refractivity contribution in [3.05, 3.63) is 58.5 Å². The van der Waals surface area contributed by atoms with E-state index in [0.717, 1.165) is 59.5 Å². The van der Waals surface area contributed by atoms with Crippen LogP contribution in [-0.4, -0.2) is 39.0 Å². The fraction of sp³-hybridized carbons (Fsp3) is 0.375. The number of aryl methyl sites for hydroxylation is 3. The number of imidazole rings is 1. The predicted octanol–water partition coefficient (Wildman–Crippen LogP) is 4.58. The number of carbonyl (C=O) groups is 1. The van der Waals surface area contributed by atoms with Gasteiger partial charge in [-0.25, -0.2) is 4.98 Å². The summed E-state index contributed by atoms with van der Waals surface area (Å²) >= 11 is 0. The smallest absolute Gasteiger partial charge is 0.228 e. The van der Waals surface area contributed by atoms with Crippen LogP contribution in [0.15, 0.2) is 34.9 Å². The summed E-state index contributed by atoms with van der Waals surface area (Å²) in [6.07, 6.45) is 2.12. The molecule has 2 aromatic heterocycles. The lowest BCUT2D eigenvalue weighted by atomic mass is 9.95. The Morgan fingerprint density at radius 1 is 1.13 bits per heavy atom. The lowest BCUT2D eigenvalue weighted by Gasteiger charge is -2.31. The van der Waals surface area contributed by atoms with Crippen LogP contribution >= 0.6 is 0 Å². The summed E-state index contributed by atoms with van der Waals surface area (Å²) < 4.78 is 5.45. The van der Waals surface area contributed by atoms with E-state index in [-0.39, 0.29) is 12.3 Å². The molecule has 6 nitrogen and oxygen atoms in total. The number of H-pyrrole nitrogens is 1. The van der Waals surface area contributed by atoms with E-state index in [1.165, 1.54) is 16.7 Å². The molecule has 2 aromatic carbocycles. The first-order chi connectivity index (χ1) is 14.5. The molecule has 1 amide bonds. The van der Waals surface area contributed by atoms with Crippen molar-refractivity contribution in [3.63, 3.8) is 0 Å².